The van der Waals surface area contributed by atoms with Crippen LogP contribution >= 0.6 is 11.3 Å². The molecule has 30 heavy (non-hydrogen) atoms. The van der Waals surface area contributed by atoms with Crippen LogP contribution in [0, 0.1) is 12.7 Å². The summed E-state index contributed by atoms with van der Waals surface area (Å²) < 4.78 is 21.4. The van der Waals surface area contributed by atoms with Gasteiger partial charge in [0.25, 0.3) is 0 Å². The van der Waals surface area contributed by atoms with E-state index < -0.39 is 22.8 Å². The number of rotatable bonds is 4. The maximum atomic E-state index is 14.8. The van der Waals surface area contributed by atoms with Crippen molar-refractivity contribution >= 4 is 34.2 Å². The molecule has 1 N–H and O–H groups in total. The quantitative estimate of drug-likeness (QED) is 0.519. The van der Waals surface area contributed by atoms with Gasteiger partial charge in [0.05, 0.1) is 11.3 Å². The third-order valence-corrected chi connectivity index (χ3v) is 5.61. The Morgan fingerprint density at radius 3 is 2.80 bits per heavy atom. The number of fused-ring (bicyclic) bond motifs is 1. The summed E-state index contributed by atoms with van der Waals surface area (Å²) in [5.41, 5.74) is -1.15. The molecule has 0 unspecified atom stereocenters. The van der Waals surface area contributed by atoms with E-state index in [1.165, 1.54) is 22.1 Å². The zero-order valence-electron chi connectivity index (χ0n) is 15.4. The molecule has 1 saturated heterocycles. The first kappa shape index (κ1) is 18.4. The number of anilines is 1. The van der Waals surface area contributed by atoms with Gasteiger partial charge in [-0.3, -0.25) is 9.36 Å². The first-order valence-electron chi connectivity index (χ1n) is 8.86. The van der Waals surface area contributed by atoms with Crippen LogP contribution in [0.25, 0.3) is 16.2 Å². The Morgan fingerprint density at radius 1 is 1.37 bits per heavy atom. The van der Waals surface area contributed by atoms with Crippen molar-refractivity contribution in [2.45, 2.75) is 12.8 Å². The third-order valence-electron chi connectivity index (χ3n) is 4.84. The second-order valence-electron chi connectivity index (χ2n) is 6.81. The fraction of sp³-hybridized carbons (Fsp3) is 0.222. The number of carboxylic acid groups (broad SMARTS) is 1. The molecule has 12 heteroatoms. The van der Waals surface area contributed by atoms with E-state index >= 15 is 0 Å². The number of hydrogen-bond acceptors (Lipinski definition) is 9. The van der Waals surface area contributed by atoms with Crippen LogP contribution in [0.5, 0.6) is 0 Å². The predicted molar refractivity (Wildman–Crippen MR) is 104 cm³/mol. The maximum Gasteiger partial charge on any atom is 0.341 e. The molecular weight excluding hydrogens is 415 g/mol. The molecular formula is C18H13FN6O4S. The standard InChI is InChI=1S/C18H13FN6O4S/c1-8-21-16(29-23-8)9-5-24(6-9)15-12(19)4-10-13(26)11(17(27)28)7-25(14(10)22-15)18-20-2-3-30-18/h2-4,7,9H,5-6H2,1H3,(H,27,28). The van der Waals surface area contributed by atoms with Gasteiger partial charge < -0.3 is 14.5 Å². The Kier molecular flexibility index (Phi) is 4.10. The number of aromatic nitrogens is 5. The molecule has 0 aliphatic carbocycles. The van der Waals surface area contributed by atoms with Gasteiger partial charge in [0.1, 0.15) is 5.56 Å². The van der Waals surface area contributed by atoms with Crippen molar-refractivity contribution in [3.63, 3.8) is 0 Å². The minimum absolute atomic E-state index is 0.0429. The fourth-order valence-corrected chi connectivity index (χ4v) is 3.97. The van der Waals surface area contributed by atoms with Crippen LogP contribution in [0.1, 0.15) is 28.0 Å². The average Bonchev–Trinajstić information content (AvgIpc) is 3.34. The van der Waals surface area contributed by atoms with E-state index in [-0.39, 0.29) is 22.8 Å². The minimum Gasteiger partial charge on any atom is -0.477 e. The summed E-state index contributed by atoms with van der Waals surface area (Å²) in [5, 5.41) is 15.1. The molecule has 0 amide bonds. The molecule has 0 bridgehead atoms. The van der Waals surface area contributed by atoms with Gasteiger partial charge in [-0.2, -0.15) is 4.98 Å². The number of halogens is 1. The van der Waals surface area contributed by atoms with E-state index in [1.54, 1.807) is 23.4 Å². The number of hydrogen-bond donors (Lipinski definition) is 1. The van der Waals surface area contributed by atoms with Crippen LogP contribution in [0.15, 0.2) is 33.2 Å². The third kappa shape index (κ3) is 2.84. The van der Waals surface area contributed by atoms with Crippen molar-refractivity contribution in [2.24, 2.45) is 0 Å². The normalized spacial score (nSPS) is 14.3. The number of aromatic carboxylic acids is 1. The van der Waals surface area contributed by atoms with E-state index in [0.717, 1.165) is 6.07 Å². The zero-order valence-corrected chi connectivity index (χ0v) is 16.3. The Balaban J connectivity index is 1.61. The molecule has 152 valence electrons. The van der Waals surface area contributed by atoms with Gasteiger partial charge in [-0.1, -0.05) is 5.16 Å². The molecule has 5 rings (SSSR count). The van der Waals surface area contributed by atoms with Gasteiger partial charge in [0.2, 0.25) is 11.3 Å². The van der Waals surface area contributed by atoms with E-state index in [9.17, 15) is 19.1 Å². The van der Waals surface area contributed by atoms with Crippen LogP contribution in [-0.2, 0) is 0 Å². The minimum atomic E-state index is -1.41. The molecule has 0 spiro atoms. The number of thiazole rings is 1. The van der Waals surface area contributed by atoms with E-state index in [2.05, 4.69) is 20.1 Å². The predicted octanol–water partition coefficient (Wildman–Crippen LogP) is 1.97. The van der Waals surface area contributed by atoms with Crippen molar-refractivity contribution < 1.29 is 18.8 Å². The summed E-state index contributed by atoms with van der Waals surface area (Å²) in [6.45, 7) is 2.56. The SMILES string of the molecule is Cc1noc(C2CN(c3nc4c(cc3F)c(=O)c(C(=O)O)cn4-c3nccs3)C2)n1. The summed E-state index contributed by atoms with van der Waals surface area (Å²) in [5.74, 6) is -1.09. The van der Waals surface area contributed by atoms with Crippen LogP contribution in [-0.4, -0.2) is 48.8 Å². The van der Waals surface area contributed by atoms with Gasteiger partial charge in [-0.15, -0.1) is 11.3 Å². The van der Waals surface area contributed by atoms with Gasteiger partial charge in [-0.05, 0) is 13.0 Å². The molecule has 0 atom stereocenters. The average molecular weight is 428 g/mol. The Hall–Kier alpha value is -3.67. The fourth-order valence-electron chi connectivity index (χ4n) is 3.36. The van der Waals surface area contributed by atoms with Crippen molar-refractivity contribution in [1.29, 1.82) is 0 Å². The highest BCUT2D eigenvalue weighted by Crippen LogP contribution is 2.32. The lowest BCUT2D eigenvalue weighted by atomic mass is 10.00. The lowest BCUT2D eigenvalue weighted by Gasteiger charge is -2.38. The molecule has 1 fully saturated rings. The van der Waals surface area contributed by atoms with E-state index in [1.807, 2.05) is 0 Å². The highest BCUT2D eigenvalue weighted by atomic mass is 32.1. The van der Waals surface area contributed by atoms with Gasteiger partial charge in [0.15, 0.2) is 28.2 Å². The molecule has 1 aliphatic heterocycles. The zero-order chi connectivity index (χ0) is 21.0. The number of nitrogens with zero attached hydrogens (tertiary/aromatic N) is 6. The highest BCUT2D eigenvalue weighted by Gasteiger charge is 2.35. The van der Waals surface area contributed by atoms with Gasteiger partial charge in [0, 0.05) is 30.9 Å². The summed E-state index contributed by atoms with van der Waals surface area (Å²) >= 11 is 1.24. The molecule has 4 aromatic heterocycles. The summed E-state index contributed by atoms with van der Waals surface area (Å²) in [6.07, 6.45) is 2.71. The molecule has 0 aromatic carbocycles. The topological polar surface area (TPSA) is 127 Å². The molecule has 5 heterocycles. The molecule has 0 saturated carbocycles. The number of pyridine rings is 2. The number of aryl methyl sites for hydroxylation is 1. The molecule has 4 aromatic rings. The maximum absolute atomic E-state index is 14.8. The van der Waals surface area contributed by atoms with Crippen LogP contribution in [0.3, 0.4) is 0 Å². The van der Waals surface area contributed by atoms with Gasteiger partial charge in [-0.25, -0.2) is 19.2 Å². The van der Waals surface area contributed by atoms with Crippen molar-refractivity contribution in [3.8, 4) is 5.13 Å². The molecule has 0 radical (unpaired) electrons. The number of carbonyl (C=O) groups is 1. The molecule has 1 aliphatic rings. The number of carboxylic acids is 1. The summed E-state index contributed by atoms with van der Waals surface area (Å²) in [6, 6.07) is 1.03. The highest BCUT2D eigenvalue weighted by molar-refractivity contribution is 7.12. The Morgan fingerprint density at radius 2 is 2.17 bits per heavy atom. The van der Waals surface area contributed by atoms with Crippen LogP contribution in [0.4, 0.5) is 10.2 Å². The van der Waals surface area contributed by atoms with E-state index in [4.69, 9.17) is 4.52 Å². The summed E-state index contributed by atoms with van der Waals surface area (Å²) in [7, 11) is 0. The first-order chi connectivity index (χ1) is 14.4. The Labute approximate surface area is 171 Å². The van der Waals surface area contributed by atoms with E-state index in [0.29, 0.717) is 29.9 Å². The smallest absolute Gasteiger partial charge is 0.341 e. The Bertz CT molecular complexity index is 1340. The second kappa shape index (κ2) is 6.69. The van der Waals surface area contributed by atoms with Crippen LogP contribution in [0.2, 0.25) is 0 Å². The lowest BCUT2D eigenvalue weighted by molar-refractivity contribution is 0.0695. The van der Waals surface area contributed by atoms with Gasteiger partial charge >= 0.3 is 5.97 Å². The van der Waals surface area contributed by atoms with Crippen molar-refractivity contribution in [2.75, 3.05) is 18.0 Å². The van der Waals surface area contributed by atoms with Crippen molar-refractivity contribution in [1.82, 2.24) is 24.7 Å². The monoisotopic (exact) mass is 428 g/mol. The second-order valence-corrected chi connectivity index (χ2v) is 7.68. The van der Waals surface area contributed by atoms with Crippen molar-refractivity contribution in [3.05, 3.63) is 57.2 Å². The summed E-state index contributed by atoms with van der Waals surface area (Å²) in [4.78, 5) is 38.5. The largest absolute Gasteiger partial charge is 0.477 e. The van der Waals surface area contributed by atoms with Crippen LogP contribution < -0.4 is 10.3 Å². The lowest BCUT2D eigenvalue weighted by Crippen LogP contribution is -2.46. The molecule has 10 nitrogen and oxygen atoms in total. The first-order valence-corrected chi connectivity index (χ1v) is 9.74.